The van der Waals surface area contributed by atoms with Gasteiger partial charge in [-0.1, -0.05) is 12.1 Å². The van der Waals surface area contributed by atoms with Crippen molar-refractivity contribution in [2.45, 2.75) is 18.6 Å². The van der Waals surface area contributed by atoms with Crippen LogP contribution < -0.4 is 15.4 Å². The number of hydrogen-bond donors (Lipinski definition) is 2. The molecule has 10 heteroatoms. The number of aliphatic imine (C=N–C) groups is 1. The molecule has 0 spiro atoms. The molecule has 6 nitrogen and oxygen atoms in total. The zero-order valence-corrected chi connectivity index (χ0v) is 14.5. The molecule has 0 radical (unpaired) electrons. The molecule has 1 fully saturated rings. The monoisotopic (exact) mass is 379 g/mol. The number of rotatable bonds is 5. The van der Waals surface area contributed by atoms with E-state index < -0.39 is 21.6 Å². The van der Waals surface area contributed by atoms with Gasteiger partial charge in [-0.25, -0.2) is 8.42 Å². The van der Waals surface area contributed by atoms with Crippen molar-refractivity contribution in [3.8, 4) is 5.75 Å². The van der Waals surface area contributed by atoms with Gasteiger partial charge in [0.05, 0.1) is 23.6 Å². The van der Waals surface area contributed by atoms with Crippen molar-refractivity contribution in [2.75, 3.05) is 31.7 Å². The molecule has 0 aromatic heterocycles. The second-order valence-corrected chi connectivity index (χ2v) is 7.81. The third kappa shape index (κ3) is 5.80. The average Bonchev–Trinajstić information content (AvgIpc) is 2.88. The highest BCUT2D eigenvalue weighted by Gasteiger charge is 2.34. The second kappa shape index (κ2) is 7.94. The molecule has 25 heavy (non-hydrogen) atoms. The van der Waals surface area contributed by atoms with E-state index in [0.717, 1.165) is 6.07 Å². The van der Waals surface area contributed by atoms with Crippen LogP contribution in [0.4, 0.5) is 13.2 Å². The molecular weight excluding hydrogens is 359 g/mol. The maximum Gasteiger partial charge on any atom is 0.419 e. The number of nitrogens with one attached hydrogen (secondary N) is 2. The lowest BCUT2D eigenvalue weighted by atomic mass is 10.2. The van der Waals surface area contributed by atoms with Gasteiger partial charge < -0.3 is 15.4 Å². The fourth-order valence-corrected chi connectivity index (χ4v) is 4.13. The van der Waals surface area contributed by atoms with Gasteiger partial charge in [0.2, 0.25) is 0 Å². The van der Waals surface area contributed by atoms with Crippen LogP contribution in [-0.2, 0) is 16.0 Å². The topological polar surface area (TPSA) is 79.8 Å². The van der Waals surface area contributed by atoms with Crippen LogP contribution >= 0.6 is 0 Å². The smallest absolute Gasteiger partial charge is 0.419 e. The van der Waals surface area contributed by atoms with Gasteiger partial charge >= 0.3 is 6.18 Å². The van der Waals surface area contributed by atoms with Crippen LogP contribution in [0.5, 0.6) is 5.75 Å². The largest absolute Gasteiger partial charge is 0.491 e. The molecule has 0 saturated carbocycles. The van der Waals surface area contributed by atoms with Crippen molar-refractivity contribution in [3.63, 3.8) is 0 Å². The Labute approximate surface area is 144 Å². The Kier molecular flexibility index (Phi) is 6.15. The van der Waals surface area contributed by atoms with Gasteiger partial charge in [-0.15, -0.1) is 0 Å². The number of hydrogen-bond acceptors (Lipinski definition) is 4. The molecule has 1 heterocycles. The standard InChI is InChI=1S/C15H20F3N3O3S/c1-19-14(21-11-6-9-25(22,23)10-11)20-7-8-24-13-5-3-2-4-12(13)15(16,17)18/h2-5,11H,6-10H2,1H3,(H2,19,20,21). The number of halogens is 3. The molecule has 1 atom stereocenters. The third-order valence-electron chi connectivity index (χ3n) is 3.64. The fourth-order valence-electron chi connectivity index (χ4n) is 2.45. The van der Waals surface area contributed by atoms with Crippen molar-refractivity contribution >= 4 is 15.8 Å². The Morgan fingerprint density at radius 1 is 1.36 bits per heavy atom. The minimum atomic E-state index is -4.48. The van der Waals surface area contributed by atoms with Crippen LogP contribution in [0.1, 0.15) is 12.0 Å². The lowest BCUT2D eigenvalue weighted by molar-refractivity contribution is -0.138. The molecule has 1 aliphatic heterocycles. The van der Waals surface area contributed by atoms with Crippen molar-refractivity contribution < 1.29 is 26.3 Å². The van der Waals surface area contributed by atoms with E-state index in [0.29, 0.717) is 12.4 Å². The number of nitrogens with zero attached hydrogens (tertiary/aromatic N) is 1. The van der Waals surface area contributed by atoms with Crippen LogP contribution in [-0.4, -0.2) is 52.1 Å². The number of para-hydroxylation sites is 1. The highest BCUT2D eigenvalue weighted by atomic mass is 32.2. The molecule has 0 amide bonds. The summed E-state index contributed by atoms with van der Waals surface area (Å²) in [6, 6.07) is 4.78. The van der Waals surface area contributed by atoms with Gasteiger partial charge in [0.1, 0.15) is 12.4 Å². The fraction of sp³-hybridized carbons (Fsp3) is 0.533. The number of alkyl halides is 3. The first kappa shape index (κ1) is 19.4. The molecule has 1 aromatic carbocycles. The van der Waals surface area contributed by atoms with Crippen LogP contribution in [0.25, 0.3) is 0 Å². The van der Waals surface area contributed by atoms with Gasteiger partial charge in [-0.05, 0) is 18.6 Å². The van der Waals surface area contributed by atoms with E-state index in [4.69, 9.17) is 4.74 Å². The molecule has 1 aromatic rings. The average molecular weight is 379 g/mol. The quantitative estimate of drug-likeness (QED) is 0.460. The summed E-state index contributed by atoms with van der Waals surface area (Å²) in [4.78, 5) is 3.96. The summed E-state index contributed by atoms with van der Waals surface area (Å²) in [7, 11) is -1.48. The van der Waals surface area contributed by atoms with E-state index in [2.05, 4.69) is 15.6 Å². The summed E-state index contributed by atoms with van der Waals surface area (Å²) >= 11 is 0. The van der Waals surface area contributed by atoms with Crippen molar-refractivity contribution in [1.82, 2.24) is 10.6 Å². The number of benzene rings is 1. The van der Waals surface area contributed by atoms with E-state index in [-0.39, 0.29) is 36.4 Å². The lowest BCUT2D eigenvalue weighted by Gasteiger charge is -2.17. The molecular formula is C15H20F3N3O3S. The highest BCUT2D eigenvalue weighted by Crippen LogP contribution is 2.35. The Hall–Kier alpha value is -1.97. The molecule has 1 unspecified atom stereocenters. The number of sulfone groups is 1. The molecule has 1 saturated heterocycles. The Bertz CT molecular complexity index is 720. The lowest BCUT2D eigenvalue weighted by Crippen LogP contribution is -2.45. The van der Waals surface area contributed by atoms with Crippen molar-refractivity contribution in [1.29, 1.82) is 0 Å². The maximum absolute atomic E-state index is 12.9. The Balaban J connectivity index is 1.81. The summed E-state index contributed by atoms with van der Waals surface area (Å²) in [6.45, 7) is 0.210. The minimum Gasteiger partial charge on any atom is -0.491 e. The van der Waals surface area contributed by atoms with Crippen LogP contribution in [0, 0.1) is 0 Å². The molecule has 2 N–H and O–H groups in total. The molecule has 0 aliphatic carbocycles. The summed E-state index contributed by atoms with van der Waals surface area (Å²) in [5, 5.41) is 5.87. The summed E-state index contributed by atoms with van der Waals surface area (Å²) < 4.78 is 66.6. The van der Waals surface area contributed by atoms with E-state index in [1.807, 2.05) is 0 Å². The van der Waals surface area contributed by atoms with Gasteiger partial charge in [-0.3, -0.25) is 4.99 Å². The Morgan fingerprint density at radius 3 is 2.68 bits per heavy atom. The summed E-state index contributed by atoms with van der Waals surface area (Å²) in [5.74, 6) is 0.332. The zero-order chi connectivity index (χ0) is 18.5. The first-order chi connectivity index (χ1) is 11.7. The van der Waals surface area contributed by atoms with Gasteiger partial charge in [0, 0.05) is 13.1 Å². The van der Waals surface area contributed by atoms with Crippen LogP contribution in [0.2, 0.25) is 0 Å². The summed E-state index contributed by atoms with van der Waals surface area (Å²) in [6.07, 6.45) is -3.98. The predicted octanol–water partition coefficient (Wildman–Crippen LogP) is 1.44. The second-order valence-electron chi connectivity index (χ2n) is 5.59. The van der Waals surface area contributed by atoms with E-state index >= 15 is 0 Å². The van der Waals surface area contributed by atoms with Crippen molar-refractivity contribution in [3.05, 3.63) is 29.8 Å². The molecule has 140 valence electrons. The highest BCUT2D eigenvalue weighted by molar-refractivity contribution is 7.91. The third-order valence-corrected chi connectivity index (χ3v) is 5.41. The van der Waals surface area contributed by atoms with E-state index in [1.165, 1.54) is 25.2 Å². The number of ether oxygens (including phenoxy) is 1. The van der Waals surface area contributed by atoms with E-state index in [1.54, 1.807) is 0 Å². The minimum absolute atomic E-state index is 0.00322. The zero-order valence-electron chi connectivity index (χ0n) is 13.6. The molecule has 1 aliphatic rings. The normalized spacial score (nSPS) is 20.3. The first-order valence-electron chi connectivity index (χ1n) is 7.68. The van der Waals surface area contributed by atoms with Gasteiger partial charge in [0.25, 0.3) is 0 Å². The maximum atomic E-state index is 12.9. The SMILES string of the molecule is CN=C(NCCOc1ccccc1C(F)(F)F)NC1CCS(=O)(=O)C1. The van der Waals surface area contributed by atoms with E-state index in [9.17, 15) is 21.6 Å². The number of guanidine groups is 1. The predicted molar refractivity (Wildman–Crippen MR) is 88.5 cm³/mol. The van der Waals surface area contributed by atoms with Crippen LogP contribution in [0.15, 0.2) is 29.3 Å². The molecule has 2 rings (SSSR count). The van der Waals surface area contributed by atoms with Crippen LogP contribution in [0.3, 0.4) is 0 Å². The van der Waals surface area contributed by atoms with Gasteiger partial charge in [0.15, 0.2) is 15.8 Å². The van der Waals surface area contributed by atoms with Crippen molar-refractivity contribution in [2.24, 2.45) is 4.99 Å². The Morgan fingerprint density at radius 2 is 2.08 bits per heavy atom. The molecule has 0 bridgehead atoms. The summed E-state index contributed by atoms with van der Waals surface area (Å²) in [5.41, 5.74) is -0.825. The first-order valence-corrected chi connectivity index (χ1v) is 9.50. The van der Waals surface area contributed by atoms with Gasteiger partial charge in [-0.2, -0.15) is 13.2 Å².